The lowest BCUT2D eigenvalue weighted by Gasteiger charge is -2.36. The number of amides is 1. The van der Waals surface area contributed by atoms with Gasteiger partial charge in [0.1, 0.15) is 5.75 Å². The van der Waals surface area contributed by atoms with Crippen molar-refractivity contribution in [2.45, 2.75) is 57.9 Å². The minimum atomic E-state index is -0.883. The second-order valence-corrected chi connectivity index (χ2v) is 7.57. The number of carboxylic acids is 1. The Morgan fingerprint density at radius 1 is 1.18 bits per heavy atom. The highest BCUT2D eigenvalue weighted by atomic mass is 16.5. The fraction of sp³-hybridized carbons (Fsp3) is 0.636. The van der Waals surface area contributed by atoms with E-state index in [1.807, 2.05) is 29.2 Å². The van der Waals surface area contributed by atoms with Gasteiger partial charge in [0.05, 0.1) is 25.0 Å². The number of unbranched alkanes of at least 4 members (excludes halogenated alkanes) is 2. The molecule has 6 heteroatoms. The van der Waals surface area contributed by atoms with Gasteiger partial charge in [-0.15, -0.1) is 0 Å². The topological polar surface area (TPSA) is 78.9 Å². The van der Waals surface area contributed by atoms with Crippen LogP contribution in [0.3, 0.4) is 0 Å². The molecule has 0 bridgehead atoms. The molecule has 1 aromatic carbocycles. The second kappa shape index (κ2) is 10.5. The van der Waals surface area contributed by atoms with Crippen molar-refractivity contribution in [1.82, 2.24) is 10.2 Å². The molecule has 0 aliphatic carbocycles. The van der Waals surface area contributed by atoms with Crippen LogP contribution in [0.2, 0.25) is 0 Å². The number of carbonyl (C=O) groups excluding carboxylic acids is 1. The summed E-state index contributed by atoms with van der Waals surface area (Å²) in [6, 6.07) is 7.41. The number of methoxy groups -OCH3 is 1. The van der Waals surface area contributed by atoms with E-state index in [1.54, 1.807) is 7.11 Å². The molecule has 1 saturated heterocycles. The van der Waals surface area contributed by atoms with Crippen molar-refractivity contribution in [2.24, 2.45) is 5.92 Å². The molecular formula is C22H34N2O4. The van der Waals surface area contributed by atoms with Crippen molar-refractivity contribution in [2.75, 3.05) is 26.7 Å². The Kier molecular flexibility index (Phi) is 8.30. The number of carboxylic acid groups (broad SMARTS) is 1. The smallest absolute Gasteiger partial charge is 0.308 e. The van der Waals surface area contributed by atoms with E-state index in [1.165, 1.54) is 0 Å². The predicted molar refractivity (Wildman–Crippen MR) is 109 cm³/mol. The zero-order valence-corrected chi connectivity index (χ0v) is 17.4. The lowest BCUT2D eigenvalue weighted by molar-refractivity contribution is -0.145. The number of ether oxygens (including phenoxy) is 1. The third-order valence-electron chi connectivity index (χ3n) is 5.72. The summed E-state index contributed by atoms with van der Waals surface area (Å²) >= 11 is 0. The van der Waals surface area contributed by atoms with Gasteiger partial charge in [-0.25, -0.2) is 0 Å². The molecule has 1 heterocycles. The minimum absolute atomic E-state index is 0.0263. The van der Waals surface area contributed by atoms with Gasteiger partial charge in [-0.2, -0.15) is 0 Å². The molecule has 0 aromatic heterocycles. The van der Waals surface area contributed by atoms with Gasteiger partial charge in [-0.05, 0) is 43.5 Å². The molecule has 1 aliphatic heterocycles. The first kappa shape index (κ1) is 22.2. The first-order chi connectivity index (χ1) is 13.5. The zero-order valence-electron chi connectivity index (χ0n) is 17.4. The van der Waals surface area contributed by atoms with Crippen molar-refractivity contribution < 1.29 is 19.4 Å². The van der Waals surface area contributed by atoms with Crippen molar-refractivity contribution in [3.63, 3.8) is 0 Å². The van der Waals surface area contributed by atoms with Crippen LogP contribution in [-0.2, 0) is 15.1 Å². The largest absolute Gasteiger partial charge is 0.497 e. The Hall–Kier alpha value is -2.08. The molecule has 0 saturated carbocycles. The third-order valence-corrected chi connectivity index (χ3v) is 5.72. The molecule has 0 radical (unpaired) electrons. The van der Waals surface area contributed by atoms with E-state index in [4.69, 9.17) is 4.74 Å². The van der Waals surface area contributed by atoms with Crippen LogP contribution in [0, 0.1) is 5.92 Å². The van der Waals surface area contributed by atoms with E-state index in [0.717, 1.165) is 44.3 Å². The number of nitrogens with one attached hydrogen (secondary N) is 1. The average Bonchev–Trinajstić information content (AvgIpc) is 3.13. The molecular weight excluding hydrogens is 356 g/mol. The monoisotopic (exact) mass is 390 g/mol. The minimum Gasteiger partial charge on any atom is -0.497 e. The number of rotatable bonds is 11. The van der Waals surface area contributed by atoms with Crippen LogP contribution in [0.5, 0.6) is 5.75 Å². The quantitative estimate of drug-likeness (QED) is 0.605. The van der Waals surface area contributed by atoms with Gasteiger partial charge in [0.15, 0.2) is 0 Å². The Labute approximate surface area is 168 Å². The molecule has 0 spiro atoms. The molecule has 1 fully saturated rings. The van der Waals surface area contributed by atoms with Crippen molar-refractivity contribution in [1.29, 1.82) is 0 Å². The lowest BCUT2D eigenvalue weighted by atomic mass is 9.76. The highest BCUT2D eigenvalue weighted by molar-refractivity contribution is 5.81. The summed E-state index contributed by atoms with van der Waals surface area (Å²) in [5.41, 5.74) is -0.0521. The van der Waals surface area contributed by atoms with Gasteiger partial charge in [0.25, 0.3) is 0 Å². The van der Waals surface area contributed by atoms with Gasteiger partial charge >= 0.3 is 5.97 Å². The fourth-order valence-corrected chi connectivity index (χ4v) is 4.03. The number of nitrogens with zero attached hydrogens (tertiary/aromatic N) is 1. The maximum atomic E-state index is 13.2. The standard InChI is InChI=1S/C22H34N2O4/c1-4-6-14-24(15-7-5-2)20(25)16-22(19(21(26)27)12-13-23-22)17-8-10-18(28-3)11-9-17/h8-11,19,23H,4-7,12-16H2,1-3H3,(H,26,27). The molecule has 1 amide bonds. The van der Waals surface area contributed by atoms with Crippen LogP contribution in [0.25, 0.3) is 0 Å². The van der Waals surface area contributed by atoms with Crippen LogP contribution in [0.15, 0.2) is 24.3 Å². The van der Waals surface area contributed by atoms with Crippen LogP contribution in [-0.4, -0.2) is 48.6 Å². The molecule has 156 valence electrons. The molecule has 28 heavy (non-hydrogen) atoms. The predicted octanol–water partition coefficient (Wildman–Crippen LogP) is 3.40. The van der Waals surface area contributed by atoms with Crippen LogP contribution >= 0.6 is 0 Å². The number of carbonyl (C=O) groups is 2. The summed E-state index contributed by atoms with van der Waals surface area (Å²) in [7, 11) is 1.60. The molecule has 1 aromatic rings. The van der Waals surface area contributed by atoms with Crippen LogP contribution in [0.4, 0.5) is 0 Å². The van der Waals surface area contributed by atoms with E-state index in [0.29, 0.717) is 18.7 Å². The maximum absolute atomic E-state index is 13.2. The third kappa shape index (κ3) is 5.04. The van der Waals surface area contributed by atoms with Gasteiger partial charge in [0.2, 0.25) is 5.91 Å². The molecule has 1 aliphatic rings. The Balaban J connectivity index is 2.33. The average molecular weight is 391 g/mol. The Bertz CT molecular complexity index is 638. The second-order valence-electron chi connectivity index (χ2n) is 7.57. The molecule has 2 unspecified atom stereocenters. The van der Waals surface area contributed by atoms with Gasteiger partial charge < -0.3 is 20.1 Å². The number of hydrogen-bond donors (Lipinski definition) is 2. The number of hydrogen-bond acceptors (Lipinski definition) is 4. The number of benzene rings is 1. The Morgan fingerprint density at radius 2 is 1.79 bits per heavy atom. The maximum Gasteiger partial charge on any atom is 0.308 e. The molecule has 6 nitrogen and oxygen atoms in total. The lowest BCUT2D eigenvalue weighted by Crippen LogP contribution is -2.49. The van der Waals surface area contributed by atoms with Crippen molar-refractivity contribution in [3.05, 3.63) is 29.8 Å². The normalized spacial score (nSPS) is 21.5. The first-order valence-corrected chi connectivity index (χ1v) is 10.4. The first-order valence-electron chi connectivity index (χ1n) is 10.4. The van der Waals surface area contributed by atoms with Crippen molar-refractivity contribution in [3.8, 4) is 5.75 Å². The van der Waals surface area contributed by atoms with Crippen LogP contribution in [0.1, 0.15) is 57.9 Å². The number of aliphatic carboxylic acids is 1. The fourth-order valence-electron chi connectivity index (χ4n) is 4.03. The SMILES string of the molecule is CCCCN(CCCC)C(=O)CC1(c2ccc(OC)cc2)NCCC1C(=O)O. The molecule has 2 atom stereocenters. The highest BCUT2D eigenvalue weighted by Crippen LogP contribution is 2.40. The Morgan fingerprint density at radius 3 is 2.29 bits per heavy atom. The van der Waals surface area contributed by atoms with Crippen LogP contribution < -0.4 is 10.1 Å². The van der Waals surface area contributed by atoms with Gasteiger partial charge in [-0.1, -0.05) is 38.8 Å². The summed E-state index contributed by atoms with van der Waals surface area (Å²) in [4.78, 5) is 27.2. The van der Waals surface area contributed by atoms with E-state index in [-0.39, 0.29) is 12.3 Å². The highest BCUT2D eigenvalue weighted by Gasteiger charge is 2.49. The van der Waals surface area contributed by atoms with E-state index in [9.17, 15) is 14.7 Å². The summed E-state index contributed by atoms with van der Waals surface area (Å²) in [5, 5.41) is 13.2. The molecule has 2 N–H and O–H groups in total. The van der Waals surface area contributed by atoms with E-state index >= 15 is 0 Å². The summed E-state index contributed by atoms with van der Waals surface area (Å²) in [6.45, 7) is 6.26. The van der Waals surface area contributed by atoms with E-state index < -0.39 is 17.4 Å². The summed E-state index contributed by atoms with van der Waals surface area (Å²) < 4.78 is 5.24. The van der Waals surface area contributed by atoms with E-state index in [2.05, 4.69) is 19.2 Å². The molecule has 2 rings (SSSR count). The zero-order chi connectivity index (χ0) is 20.6. The summed E-state index contributed by atoms with van der Waals surface area (Å²) in [5.74, 6) is -0.757. The summed E-state index contributed by atoms with van der Waals surface area (Å²) in [6.07, 6.45) is 4.63. The van der Waals surface area contributed by atoms with Crippen molar-refractivity contribution >= 4 is 11.9 Å². The van der Waals surface area contributed by atoms with Gasteiger partial charge in [0, 0.05) is 13.1 Å². The van der Waals surface area contributed by atoms with Gasteiger partial charge in [-0.3, -0.25) is 9.59 Å².